The largest absolute Gasteiger partial charge is 0.404 e. The molecule has 19 heavy (non-hydrogen) atoms. The Hall–Kier alpha value is -1.50. The predicted octanol–water partition coefficient (Wildman–Crippen LogP) is 1.72. The molecule has 1 saturated heterocycles. The fraction of sp³-hybridized carbons (Fsp3) is 0.583. The van der Waals surface area contributed by atoms with Gasteiger partial charge in [-0.1, -0.05) is 0 Å². The quantitative estimate of drug-likeness (QED) is 0.863. The Morgan fingerprint density at radius 3 is 2.37 bits per heavy atom. The van der Waals surface area contributed by atoms with Gasteiger partial charge in [0.2, 0.25) is 0 Å². The second-order valence-corrected chi connectivity index (χ2v) is 4.90. The molecule has 0 bridgehead atoms. The second-order valence-electron chi connectivity index (χ2n) is 4.90. The molecule has 1 aromatic heterocycles. The van der Waals surface area contributed by atoms with E-state index in [1.54, 1.807) is 26.0 Å². The lowest BCUT2D eigenvalue weighted by Crippen LogP contribution is -2.51. The van der Waals surface area contributed by atoms with Crippen LogP contribution in [0.5, 0.6) is 0 Å². The molecule has 7 heteroatoms. The van der Waals surface area contributed by atoms with Crippen LogP contribution in [-0.4, -0.2) is 29.8 Å². The Kier molecular flexibility index (Phi) is 3.34. The number of aryl methyl sites for hydroxylation is 2. The molecule has 1 amide bonds. The molecule has 0 radical (unpaired) electrons. The van der Waals surface area contributed by atoms with E-state index in [-0.39, 0.29) is 19.5 Å². The topological polar surface area (TPSA) is 46.1 Å². The molecule has 106 valence electrons. The number of carbonyl (C=O) groups excluding carboxylic acids is 1. The van der Waals surface area contributed by atoms with Crippen LogP contribution in [0.15, 0.2) is 12.1 Å². The summed E-state index contributed by atoms with van der Waals surface area (Å²) in [6.07, 6.45) is -4.79. The molecule has 0 saturated carbocycles. The fourth-order valence-corrected chi connectivity index (χ4v) is 2.31. The number of nitrogens with zero attached hydrogens (tertiary/aromatic N) is 1. The maximum absolute atomic E-state index is 13.2. The van der Waals surface area contributed by atoms with Gasteiger partial charge in [0, 0.05) is 17.9 Å². The van der Waals surface area contributed by atoms with E-state index in [4.69, 9.17) is 0 Å². The van der Waals surface area contributed by atoms with E-state index >= 15 is 0 Å². The Balaban J connectivity index is 2.27. The van der Waals surface area contributed by atoms with E-state index < -0.39 is 17.5 Å². The Morgan fingerprint density at radius 1 is 1.37 bits per heavy atom. The predicted molar refractivity (Wildman–Crippen MR) is 64.2 cm³/mol. The zero-order valence-electron chi connectivity index (χ0n) is 10.8. The van der Waals surface area contributed by atoms with Crippen molar-refractivity contribution >= 4 is 5.91 Å². The van der Waals surface area contributed by atoms with Gasteiger partial charge in [-0.2, -0.15) is 13.2 Å². The lowest BCUT2D eigenvalue weighted by Gasteiger charge is -2.30. The van der Waals surface area contributed by atoms with Gasteiger partial charge in [-0.05, 0) is 38.9 Å². The molecule has 1 unspecified atom stereocenters. The van der Waals surface area contributed by atoms with Gasteiger partial charge in [-0.25, -0.2) is 0 Å². The SMILES string of the molecule is Cc1ccc(C)n1NC(=O)C1(C(F)(F)F)CCNC1. The van der Waals surface area contributed by atoms with E-state index in [1.807, 2.05) is 0 Å². The van der Waals surface area contributed by atoms with Gasteiger partial charge in [0.1, 0.15) is 0 Å². The lowest BCUT2D eigenvalue weighted by molar-refractivity contribution is -0.213. The summed E-state index contributed by atoms with van der Waals surface area (Å²) in [4.78, 5) is 12.1. The summed E-state index contributed by atoms with van der Waals surface area (Å²) in [7, 11) is 0. The summed E-state index contributed by atoms with van der Waals surface area (Å²) in [6.45, 7) is 3.26. The summed E-state index contributed by atoms with van der Waals surface area (Å²) in [6, 6.07) is 3.48. The van der Waals surface area contributed by atoms with Crippen molar-refractivity contribution < 1.29 is 18.0 Å². The Morgan fingerprint density at radius 2 is 1.95 bits per heavy atom. The zero-order chi connectivity index (χ0) is 14.3. The minimum Gasteiger partial charge on any atom is -0.315 e. The number of alkyl halides is 3. The number of halogens is 3. The summed E-state index contributed by atoms with van der Waals surface area (Å²) in [5, 5.41) is 2.62. The molecule has 2 N–H and O–H groups in total. The standard InChI is InChI=1S/C12H16F3N3O/c1-8-3-4-9(2)18(8)17-10(19)11(12(13,14)15)5-6-16-7-11/h3-4,16H,5-7H2,1-2H3,(H,17,19). The lowest BCUT2D eigenvalue weighted by atomic mass is 9.85. The summed E-state index contributed by atoms with van der Waals surface area (Å²) in [5.41, 5.74) is 1.41. The van der Waals surface area contributed by atoms with Crippen molar-refractivity contribution in [2.75, 3.05) is 18.5 Å². The van der Waals surface area contributed by atoms with E-state index in [9.17, 15) is 18.0 Å². The minimum atomic E-state index is -4.56. The molecule has 1 atom stereocenters. The molecule has 1 aliphatic heterocycles. The smallest absolute Gasteiger partial charge is 0.315 e. The molecule has 0 aromatic carbocycles. The maximum atomic E-state index is 13.2. The van der Waals surface area contributed by atoms with Crippen LogP contribution in [0.3, 0.4) is 0 Å². The number of hydrogen-bond donors (Lipinski definition) is 2. The first-order valence-electron chi connectivity index (χ1n) is 6.02. The fourth-order valence-electron chi connectivity index (χ4n) is 2.31. The van der Waals surface area contributed by atoms with Crippen molar-refractivity contribution in [1.29, 1.82) is 0 Å². The molecule has 1 fully saturated rings. The molecule has 2 rings (SSSR count). The monoisotopic (exact) mass is 275 g/mol. The van der Waals surface area contributed by atoms with Gasteiger partial charge in [0.25, 0.3) is 5.91 Å². The number of nitrogens with one attached hydrogen (secondary N) is 2. The number of carbonyl (C=O) groups is 1. The molecule has 0 aliphatic carbocycles. The highest BCUT2D eigenvalue weighted by atomic mass is 19.4. The van der Waals surface area contributed by atoms with Crippen LogP contribution in [0.25, 0.3) is 0 Å². The van der Waals surface area contributed by atoms with Crippen molar-refractivity contribution in [3.63, 3.8) is 0 Å². The third kappa shape index (κ3) is 2.22. The molecule has 1 aliphatic rings. The van der Waals surface area contributed by atoms with Crippen LogP contribution in [0.1, 0.15) is 17.8 Å². The van der Waals surface area contributed by atoms with Gasteiger partial charge < -0.3 is 5.32 Å². The summed E-state index contributed by atoms with van der Waals surface area (Å²) >= 11 is 0. The summed E-state index contributed by atoms with van der Waals surface area (Å²) in [5.74, 6) is -1.01. The average molecular weight is 275 g/mol. The number of amides is 1. The van der Waals surface area contributed by atoms with E-state index in [0.29, 0.717) is 11.4 Å². The molecule has 2 heterocycles. The number of hydrogen-bond acceptors (Lipinski definition) is 2. The average Bonchev–Trinajstić information content (AvgIpc) is 2.91. The second kappa shape index (κ2) is 4.56. The zero-order valence-corrected chi connectivity index (χ0v) is 10.8. The first kappa shape index (κ1) is 13.9. The third-order valence-electron chi connectivity index (χ3n) is 3.62. The van der Waals surface area contributed by atoms with E-state index in [0.717, 1.165) is 0 Å². The van der Waals surface area contributed by atoms with Crippen LogP contribution < -0.4 is 10.7 Å². The van der Waals surface area contributed by atoms with Crippen molar-refractivity contribution in [2.24, 2.45) is 5.41 Å². The van der Waals surface area contributed by atoms with Gasteiger partial charge in [0.05, 0.1) is 0 Å². The molecule has 4 nitrogen and oxygen atoms in total. The van der Waals surface area contributed by atoms with Gasteiger partial charge >= 0.3 is 6.18 Å². The van der Waals surface area contributed by atoms with E-state index in [1.165, 1.54) is 4.68 Å². The molecule has 1 aromatic rings. The Bertz CT molecular complexity index is 467. The van der Waals surface area contributed by atoms with Crippen LogP contribution >= 0.6 is 0 Å². The number of rotatable bonds is 2. The van der Waals surface area contributed by atoms with Crippen molar-refractivity contribution in [1.82, 2.24) is 9.99 Å². The third-order valence-corrected chi connectivity index (χ3v) is 3.62. The van der Waals surface area contributed by atoms with Gasteiger partial charge in [-0.3, -0.25) is 14.9 Å². The minimum absolute atomic E-state index is 0.191. The summed E-state index contributed by atoms with van der Waals surface area (Å²) < 4.78 is 40.9. The van der Waals surface area contributed by atoms with Crippen molar-refractivity contribution in [3.05, 3.63) is 23.5 Å². The Labute approximate surface area is 108 Å². The highest BCUT2D eigenvalue weighted by molar-refractivity contribution is 5.91. The van der Waals surface area contributed by atoms with Crippen LogP contribution in [0, 0.1) is 19.3 Å². The van der Waals surface area contributed by atoms with Crippen LogP contribution in [0.4, 0.5) is 13.2 Å². The normalized spacial score (nSPS) is 23.6. The van der Waals surface area contributed by atoms with Gasteiger partial charge in [0.15, 0.2) is 5.41 Å². The molecular weight excluding hydrogens is 259 g/mol. The van der Waals surface area contributed by atoms with E-state index in [2.05, 4.69) is 10.7 Å². The highest BCUT2D eigenvalue weighted by Crippen LogP contribution is 2.43. The first-order valence-corrected chi connectivity index (χ1v) is 6.02. The van der Waals surface area contributed by atoms with Crippen molar-refractivity contribution in [3.8, 4) is 0 Å². The maximum Gasteiger partial charge on any atom is 0.404 e. The first-order chi connectivity index (χ1) is 8.78. The highest BCUT2D eigenvalue weighted by Gasteiger charge is 2.61. The molecule has 0 spiro atoms. The van der Waals surface area contributed by atoms with Gasteiger partial charge in [-0.15, -0.1) is 0 Å². The molecular formula is C12H16F3N3O. The number of aromatic nitrogens is 1. The van der Waals surface area contributed by atoms with Crippen molar-refractivity contribution in [2.45, 2.75) is 26.4 Å². The van der Waals surface area contributed by atoms with Crippen LogP contribution in [-0.2, 0) is 4.79 Å². The van der Waals surface area contributed by atoms with Crippen LogP contribution in [0.2, 0.25) is 0 Å².